The average Bonchev–Trinajstić information content (AvgIpc) is 3.51. The topological polar surface area (TPSA) is 64.7 Å². The summed E-state index contributed by atoms with van der Waals surface area (Å²) in [6.45, 7) is 0. The van der Waals surface area contributed by atoms with Crippen LogP contribution in [0.25, 0.3) is 78.3 Å². The van der Waals surface area contributed by atoms with Crippen molar-refractivity contribution in [1.82, 2.24) is 19.9 Å². The van der Waals surface area contributed by atoms with E-state index >= 15 is 0 Å². The Hall–Kier alpha value is -5.68. The van der Waals surface area contributed by atoms with Gasteiger partial charge in [0.15, 0.2) is 23.1 Å². The Morgan fingerprint density at radius 3 is 1.80 bits per heavy atom. The second-order valence-corrected chi connectivity index (χ2v) is 9.94. The molecule has 0 aliphatic carbocycles. The van der Waals surface area contributed by atoms with Crippen LogP contribution in [0.1, 0.15) is 0 Å². The third kappa shape index (κ3) is 4.12. The van der Waals surface area contributed by atoms with Gasteiger partial charge in [0.2, 0.25) is 5.89 Å². The molecule has 0 N–H and O–H groups in total. The number of rotatable bonds is 4. The SMILES string of the molecule is c1ccc(-c2nc(-c3ccc4ccccc4c3)nc(-c3cc4ccccc4c4oc(-c5ccccc5)nc34)n2)cc1. The normalized spacial score (nSPS) is 11.4. The molecule has 0 atom stereocenters. The molecule has 5 heteroatoms. The highest BCUT2D eigenvalue weighted by Gasteiger charge is 2.20. The molecule has 8 rings (SSSR count). The van der Waals surface area contributed by atoms with E-state index in [9.17, 15) is 0 Å². The Morgan fingerprint density at radius 1 is 0.415 bits per heavy atom. The maximum absolute atomic E-state index is 6.43. The van der Waals surface area contributed by atoms with Gasteiger partial charge in [-0.25, -0.2) is 19.9 Å². The molecule has 5 nitrogen and oxygen atoms in total. The van der Waals surface area contributed by atoms with Crippen molar-refractivity contribution in [2.75, 3.05) is 0 Å². The minimum atomic E-state index is 0.547. The summed E-state index contributed by atoms with van der Waals surface area (Å²) in [6, 6.07) is 44.8. The monoisotopic (exact) mass is 526 g/mol. The molecule has 8 aromatic rings. The number of aromatic nitrogens is 4. The summed E-state index contributed by atoms with van der Waals surface area (Å²) in [6.07, 6.45) is 0. The van der Waals surface area contributed by atoms with E-state index in [-0.39, 0.29) is 0 Å². The zero-order valence-electron chi connectivity index (χ0n) is 21.9. The van der Waals surface area contributed by atoms with E-state index in [1.54, 1.807) is 0 Å². The highest BCUT2D eigenvalue weighted by Crippen LogP contribution is 2.37. The third-order valence-electron chi connectivity index (χ3n) is 7.32. The average molecular weight is 527 g/mol. The molecule has 0 unspecified atom stereocenters. The summed E-state index contributed by atoms with van der Waals surface area (Å²) >= 11 is 0. The third-order valence-corrected chi connectivity index (χ3v) is 7.32. The van der Waals surface area contributed by atoms with Crippen molar-refractivity contribution in [2.45, 2.75) is 0 Å². The fourth-order valence-electron chi connectivity index (χ4n) is 5.28. The van der Waals surface area contributed by atoms with Gasteiger partial charge in [0.25, 0.3) is 0 Å². The second kappa shape index (κ2) is 9.50. The molecular weight excluding hydrogens is 504 g/mol. The predicted molar refractivity (Wildman–Crippen MR) is 164 cm³/mol. The van der Waals surface area contributed by atoms with Crippen molar-refractivity contribution in [2.24, 2.45) is 0 Å². The Bertz CT molecular complexity index is 2210. The standard InChI is InChI=1S/C36H22N4O/c1-3-12-24(13-4-1)33-38-34(28-20-19-23-11-7-8-16-26(23)21-28)40-35(39-33)30-22-27-17-9-10-18-29(27)32-31(30)37-36(41-32)25-14-5-2-6-15-25/h1-22H. The van der Waals surface area contributed by atoms with Crippen LogP contribution in [0.5, 0.6) is 0 Å². The number of hydrogen-bond donors (Lipinski definition) is 0. The van der Waals surface area contributed by atoms with Crippen LogP contribution in [0.2, 0.25) is 0 Å². The van der Waals surface area contributed by atoms with Gasteiger partial charge in [-0.15, -0.1) is 0 Å². The van der Waals surface area contributed by atoms with Crippen LogP contribution < -0.4 is 0 Å². The van der Waals surface area contributed by atoms with Crippen LogP contribution in [-0.2, 0) is 0 Å². The van der Waals surface area contributed by atoms with E-state index in [4.69, 9.17) is 24.4 Å². The van der Waals surface area contributed by atoms with E-state index in [2.05, 4.69) is 48.5 Å². The number of nitrogens with zero attached hydrogens (tertiary/aromatic N) is 4. The van der Waals surface area contributed by atoms with E-state index in [0.29, 0.717) is 28.9 Å². The molecule has 0 aliphatic rings. The van der Waals surface area contributed by atoms with Crippen molar-refractivity contribution < 1.29 is 4.42 Å². The summed E-state index contributed by atoms with van der Waals surface area (Å²) in [4.78, 5) is 20.0. The van der Waals surface area contributed by atoms with Crippen molar-refractivity contribution >= 4 is 32.6 Å². The van der Waals surface area contributed by atoms with E-state index < -0.39 is 0 Å². The molecule has 6 aromatic carbocycles. The van der Waals surface area contributed by atoms with Gasteiger partial charge in [-0.1, -0.05) is 109 Å². The van der Waals surface area contributed by atoms with Crippen molar-refractivity contribution in [3.05, 3.63) is 133 Å². The van der Waals surface area contributed by atoms with Gasteiger partial charge in [0.1, 0.15) is 5.52 Å². The largest absolute Gasteiger partial charge is 0.435 e. The molecule has 0 saturated carbocycles. The summed E-state index contributed by atoms with van der Waals surface area (Å²) < 4.78 is 6.43. The fraction of sp³-hybridized carbons (Fsp3) is 0. The number of oxazole rings is 1. The van der Waals surface area contributed by atoms with Gasteiger partial charge in [-0.3, -0.25) is 0 Å². The number of fused-ring (bicyclic) bond motifs is 4. The maximum Gasteiger partial charge on any atom is 0.227 e. The zero-order chi connectivity index (χ0) is 27.2. The highest BCUT2D eigenvalue weighted by atomic mass is 16.3. The lowest BCUT2D eigenvalue weighted by Crippen LogP contribution is -2.00. The molecule has 0 bridgehead atoms. The van der Waals surface area contributed by atoms with Gasteiger partial charge < -0.3 is 4.42 Å². The molecule has 0 radical (unpaired) electrons. The van der Waals surface area contributed by atoms with Gasteiger partial charge in [0.05, 0.1) is 0 Å². The molecule has 2 aromatic heterocycles. The van der Waals surface area contributed by atoms with E-state index in [0.717, 1.165) is 43.9 Å². The van der Waals surface area contributed by atoms with E-state index in [1.165, 1.54) is 5.39 Å². The van der Waals surface area contributed by atoms with E-state index in [1.807, 2.05) is 84.9 Å². The van der Waals surface area contributed by atoms with Crippen LogP contribution in [0.4, 0.5) is 0 Å². The number of hydrogen-bond acceptors (Lipinski definition) is 5. The summed E-state index contributed by atoms with van der Waals surface area (Å²) in [5.74, 6) is 2.32. The smallest absolute Gasteiger partial charge is 0.227 e. The van der Waals surface area contributed by atoms with Crippen molar-refractivity contribution in [1.29, 1.82) is 0 Å². The summed E-state index contributed by atoms with van der Waals surface area (Å²) in [5.41, 5.74) is 4.98. The Labute approximate surface area is 235 Å². The molecule has 0 aliphatic heterocycles. The van der Waals surface area contributed by atoms with Gasteiger partial charge in [-0.2, -0.15) is 0 Å². The maximum atomic E-state index is 6.43. The Morgan fingerprint density at radius 2 is 1.02 bits per heavy atom. The second-order valence-electron chi connectivity index (χ2n) is 9.94. The lowest BCUT2D eigenvalue weighted by atomic mass is 10.0. The molecule has 0 saturated heterocycles. The van der Waals surface area contributed by atoms with Gasteiger partial charge >= 0.3 is 0 Å². The molecule has 0 fully saturated rings. The molecule has 41 heavy (non-hydrogen) atoms. The minimum Gasteiger partial charge on any atom is -0.435 e. The van der Waals surface area contributed by atoms with Crippen LogP contribution in [0.3, 0.4) is 0 Å². The van der Waals surface area contributed by atoms with Crippen molar-refractivity contribution in [3.63, 3.8) is 0 Å². The summed E-state index contributed by atoms with van der Waals surface area (Å²) in [5, 5.41) is 4.32. The molecule has 2 heterocycles. The molecule has 0 spiro atoms. The highest BCUT2D eigenvalue weighted by molar-refractivity contribution is 6.09. The van der Waals surface area contributed by atoms with Crippen molar-refractivity contribution in [3.8, 4) is 45.6 Å². The first kappa shape index (κ1) is 23.2. The first-order valence-electron chi connectivity index (χ1n) is 13.5. The lowest BCUT2D eigenvalue weighted by Gasteiger charge is -2.10. The molecule has 192 valence electrons. The van der Waals surface area contributed by atoms with Gasteiger partial charge in [0, 0.05) is 27.6 Å². The van der Waals surface area contributed by atoms with Crippen LogP contribution >= 0.6 is 0 Å². The zero-order valence-corrected chi connectivity index (χ0v) is 21.9. The first-order chi connectivity index (χ1) is 20.3. The Balaban J connectivity index is 1.41. The quantitative estimate of drug-likeness (QED) is 0.229. The summed E-state index contributed by atoms with van der Waals surface area (Å²) in [7, 11) is 0. The Kier molecular flexibility index (Phi) is 5.38. The fourth-order valence-corrected chi connectivity index (χ4v) is 5.28. The van der Waals surface area contributed by atoms with Crippen LogP contribution in [0.15, 0.2) is 138 Å². The van der Waals surface area contributed by atoms with Crippen LogP contribution in [-0.4, -0.2) is 19.9 Å². The molecule has 0 amide bonds. The molecular formula is C36H22N4O. The predicted octanol–water partition coefficient (Wildman–Crippen LogP) is 8.99. The minimum absolute atomic E-state index is 0.547. The first-order valence-corrected chi connectivity index (χ1v) is 13.5. The van der Waals surface area contributed by atoms with Gasteiger partial charge in [-0.05, 0) is 40.4 Å². The lowest BCUT2D eigenvalue weighted by molar-refractivity contribution is 0.623. The van der Waals surface area contributed by atoms with Crippen LogP contribution in [0, 0.1) is 0 Å². The number of benzene rings is 6.